The van der Waals surface area contributed by atoms with Crippen LogP contribution in [-0.2, 0) is 4.65 Å². The van der Waals surface area contributed by atoms with Gasteiger partial charge in [0.05, 0.1) is 11.2 Å². The van der Waals surface area contributed by atoms with E-state index in [9.17, 15) is 10.1 Å². The van der Waals surface area contributed by atoms with Crippen molar-refractivity contribution in [1.29, 1.82) is 0 Å². The molecule has 2 rings (SSSR count). The Balaban J connectivity index is 2.04. The minimum atomic E-state index is -1.11. The smallest absolute Gasteiger partial charge is 0.423 e. The molecule has 21 heavy (non-hydrogen) atoms. The molecule has 116 valence electrons. The Morgan fingerprint density at radius 1 is 1.19 bits per heavy atom. The second kappa shape index (κ2) is 5.95. The summed E-state index contributed by atoms with van der Waals surface area (Å²) >= 11 is 0. The van der Waals surface area contributed by atoms with Gasteiger partial charge in [0.15, 0.2) is 0 Å². The monoisotopic (exact) mass is 292 g/mol. The van der Waals surface area contributed by atoms with Gasteiger partial charge in [-0.15, -0.1) is 0 Å². The zero-order valence-electron chi connectivity index (χ0n) is 13.3. The molecule has 0 saturated carbocycles. The number of hydrogen-bond donors (Lipinski definition) is 2. The molecule has 2 heterocycles. The van der Waals surface area contributed by atoms with Crippen LogP contribution < -0.4 is 10.4 Å². The molecule has 0 radical (unpaired) electrons. The SMILES string of the molecule is CC(C)(O)C(C)(C)OB(O)c1ccc(N2CCCC2)nc1. The van der Waals surface area contributed by atoms with Crippen molar-refractivity contribution in [2.45, 2.75) is 51.7 Å². The normalized spacial score (nSPS) is 16.4. The third kappa shape index (κ3) is 3.76. The lowest BCUT2D eigenvalue weighted by Crippen LogP contribution is -2.53. The van der Waals surface area contributed by atoms with Crippen molar-refractivity contribution in [1.82, 2.24) is 4.98 Å². The van der Waals surface area contributed by atoms with Gasteiger partial charge < -0.3 is 19.7 Å². The first-order valence-electron chi connectivity index (χ1n) is 7.50. The van der Waals surface area contributed by atoms with E-state index in [1.54, 1.807) is 33.9 Å². The first-order valence-corrected chi connectivity index (χ1v) is 7.50. The average molecular weight is 292 g/mol. The molecule has 0 atom stereocenters. The largest absolute Gasteiger partial charge is 0.493 e. The Morgan fingerprint density at radius 2 is 1.81 bits per heavy atom. The van der Waals surface area contributed by atoms with Crippen LogP contribution in [0, 0.1) is 0 Å². The lowest BCUT2D eigenvalue weighted by molar-refractivity contribution is -0.0982. The van der Waals surface area contributed by atoms with E-state index >= 15 is 0 Å². The van der Waals surface area contributed by atoms with Gasteiger partial charge >= 0.3 is 7.12 Å². The van der Waals surface area contributed by atoms with Crippen molar-refractivity contribution >= 4 is 18.4 Å². The van der Waals surface area contributed by atoms with Crippen LogP contribution in [0.15, 0.2) is 18.3 Å². The average Bonchev–Trinajstić information content (AvgIpc) is 2.91. The number of rotatable bonds is 5. The van der Waals surface area contributed by atoms with Crippen LogP contribution in [0.3, 0.4) is 0 Å². The van der Waals surface area contributed by atoms with Crippen molar-refractivity contribution in [3.8, 4) is 0 Å². The fraction of sp³-hybridized carbons (Fsp3) is 0.667. The summed E-state index contributed by atoms with van der Waals surface area (Å²) in [5.41, 5.74) is -1.34. The molecule has 0 aromatic carbocycles. The van der Waals surface area contributed by atoms with E-state index in [1.165, 1.54) is 12.8 Å². The van der Waals surface area contributed by atoms with Crippen LogP contribution in [0.5, 0.6) is 0 Å². The van der Waals surface area contributed by atoms with Crippen molar-refractivity contribution < 1.29 is 14.8 Å². The second-order valence-corrected chi connectivity index (χ2v) is 6.68. The van der Waals surface area contributed by atoms with Crippen molar-refractivity contribution in [2.24, 2.45) is 0 Å². The maximum absolute atomic E-state index is 10.2. The molecule has 1 fully saturated rings. The molecule has 1 aromatic heterocycles. The quantitative estimate of drug-likeness (QED) is 0.791. The molecule has 1 aliphatic heterocycles. The predicted octanol–water partition coefficient (Wildman–Crippen LogP) is 0.935. The molecule has 6 heteroatoms. The van der Waals surface area contributed by atoms with Gasteiger partial charge in [-0.1, -0.05) is 6.07 Å². The maximum atomic E-state index is 10.2. The van der Waals surface area contributed by atoms with Gasteiger partial charge in [-0.3, -0.25) is 0 Å². The maximum Gasteiger partial charge on any atom is 0.493 e. The second-order valence-electron chi connectivity index (χ2n) is 6.68. The lowest BCUT2D eigenvalue weighted by Gasteiger charge is -2.38. The molecule has 0 amide bonds. The van der Waals surface area contributed by atoms with Gasteiger partial charge in [0, 0.05) is 24.7 Å². The molecule has 0 unspecified atom stereocenters. The van der Waals surface area contributed by atoms with Crippen LogP contribution in [0.4, 0.5) is 5.82 Å². The van der Waals surface area contributed by atoms with Crippen LogP contribution in [-0.4, -0.2) is 46.5 Å². The molecule has 1 aromatic rings. The third-order valence-corrected chi connectivity index (χ3v) is 4.37. The summed E-state index contributed by atoms with van der Waals surface area (Å²) < 4.78 is 5.61. The highest BCUT2D eigenvalue weighted by molar-refractivity contribution is 6.60. The van der Waals surface area contributed by atoms with Gasteiger partial charge in [-0.05, 0) is 46.6 Å². The summed E-state index contributed by atoms with van der Waals surface area (Å²) in [5.74, 6) is 0.935. The minimum Gasteiger partial charge on any atom is -0.423 e. The number of anilines is 1. The van der Waals surface area contributed by atoms with E-state index in [4.69, 9.17) is 4.65 Å². The topological polar surface area (TPSA) is 65.8 Å². The molecular formula is C15H25BN2O3. The zero-order chi connectivity index (χ0) is 15.7. The lowest BCUT2D eigenvalue weighted by atomic mass is 9.77. The molecular weight excluding hydrogens is 267 g/mol. The Bertz CT molecular complexity index is 465. The molecule has 0 bridgehead atoms. The highest BCUT2D eigenvalue weighted by Gasteiger charge is 2.39. The summed E-state index contributed by atoms with van der Waals surface area (Å²) in [6.07, 6.45) is 4.04. The van der Waals surface area contributed by atoms with Gasteiger partial charge in [0.25, 0.3) is 0 Å². The molecule has 5 nitrogen and oxygen atoms in total. The number of pyridine rings is 1. The number of aliphatic hydroxyl groups is 1. The fourth-order valence-corrected chi connectivity index (χ4v) is 2.17. The van der Waals surface area contributed by atoms with Crippen LogP contribution >= 0.6 is 0 Å². The number of hydrogen-bond acceptors (Lipinski definition) is 5. The summed E-state index contributed by atoms with van der Waals surface area (Å²) in [5, 5.41) is 20.3. The zero-order valence-corrected chi connectivity index (χ0v) is 13.3. The predicted molar refractivity (Wildman–Crippen MR) is 84.8 cm³/mol. The summed E-state index contributed by atoms with van der Waals surface area (Å²) in [6, 6.07) is 3.73. The standard InChI is InChI=1S/C15H25BN2O3/c1-14(2,19)15(3,4)21-16(20)12-7-8-13(17-11-12)18-9-5-6-10-18/h7-8,11,19-20H,5-6,9-10H2,1-4H3. The summed E-state index contributed by atoms with van der Waals surface area (Å²) in [4.78, 5) is 6.63. The van der Waals surface area contributed by atoms with Crippen LogP contribution in [0.25, 0.3) is 0 Å². The van der Waals surface area contributed by atoms with E-state index in [-0.39, 0.29) is 0 Å². The van der Waals surface area contributed by atoms with E-state index in [2.05, 4.69) is 9.88 Å². The van der Waals surface area contributed by atoms with E-state index in [1.807, 2.05) is 12.1 Å². The first-order chi connectivity index (χ1) is 9.71. The van der Waals surface area contributed by atoms with E-state index in [0.29, 0.717) is 5.46 Å². The summed E-state index contributed by atoms with van der Waals surface area (Å²) in [6.45, 7) is 8.90. The van der Waals surface area contributed by atoms with Crippen LogP contribution in [0.1, 0.15) is 40.5 Å². The number of nitrogens with zero attached hydrogens (tertiary/aromatic N) is 2. The van der Waals surface area contributed by atoms with E-state index in [0.717, 1.165) is 18.9 Å². The highest BCUT2D eigenvalue weighted by Crippen LogP contribution is 2.25. The Hall–Kier alpha value is -1.11. The van der Waals surface area contributed by atoms with Gasteiger partial charge in [-0.2, -0.15) is 0 Å². The summed E-state index contributed by atoms with van der Waals surface area (Å²) in [7, 11) is -1.11. The third-order valence-electron chi connectivity index (χ3n) is 4.37. The van der Waals surface area contributed by atoms with Crippen LogP contribution in [0.2, 0.25) is 0 Å². The molecule has 0 spiro atoms. The Kier molecular flexibility index (Phi) is 4.61. The fourth-order valence-electron chi connectivity index (χ4n) is 2.17. The highest BCUT2D eigenvalue weighted by atomic mass is 16.5. The molecule has 1 aliphatic rings. The van der Waals surface area contributed by atoms with Gasteiger partial charge in [0.1, 0.15) is 5.82 Å². The first kappa shape index (κ1) is 16.3. The van der Waals surface area contributed by atoms with Crippen molar-refractivity contribution in [3.05, 3.63) is 18.3 Å². The number of aromatic nitrogens is 1. The Labute approximate surface area is 127 Å². The van der Waals surface area contributed by atoms with Gasteiger partial charge in [0.2, 0.25) is 0 Å². The minimum absolute atomic E-state index is 0.593. The van der Waals surface area contributed by atoms with Crippen molar-refractivity contribution in [3.63, 3.8) is 0 Å². The molecule has 0 aliphatic carbocycles. The Morgan fingerprint density at radius 3 is 2.29 bits per heavy atom. The molecule has 2 N–H and O–H groups in total. The van der Waals surface area contributed by atoms with E-state index < -0.39 is 18.3 Å². The van der Waals surface area contributed by atoms with Crippen molar-refractivity contribution in [2.75, 3.05) is 18.0 Å². The molecule has 1 saturated heterocycles. The van der Waals surface area contributed by atoms with Gasteiger partial charge in [-0.25, -0.2) is 4.98 Å².